The predicted octanol–water partition coefficient (Wildman–Crippen LogP) is 5.11. The van der Waals surface area contributed by atoms with E-state index in [9.17, 15) is 4.79 Å². The Morgan fingerprint density at radius 2 is 1.94 bits per heavy atom. The summed E-state index contributed by atoms with van der Waals surface area (Å²) in [7, 11) is 0. The minimum Gasteiger partial charge on any atom is -0.322 e. The monoisotopic (exact) mass is 450 g/mol. The SMILES string of the molecule is CCC(C)(C)n1nnnc1C(C(C)C)N(Cc1cc2cc(C)ccc2[nH]c1=O)C1CCCC1. The Labute approximate surface area is 196 Å². The summed E-state index contributed by atoms with van der Waals surface area (Å²) in [6.07, 6.45) is 5.68. The molecule has 2 aromatic heterocycles. The molecule has 7 nitrogen and oxygen atoms in total. The Kier molecular flexibility index (Phi) is 6.71. The number of nitrogens with one attached hydrogen (secondary N) is 1. The Morgan fingerprint density at radius 1 is 1.21 bits per heavy atom. The van der Waals surface area contributed by atoms with Crippen molar-refractivity contribution in [1.82, 2.24) is 30.1 Å². The van der Waals surface area contributed by atoms with E-state index in [4.69, 9.17) is 0 Å². The zero-order valence-electron chi connectivity index (χ0n) is 20.9. The number of aromatic amines is 1. The third kappa shape index (κ3) is 4.74. The number of hydrogen-bond donors (Lipinski definition) is 1. The molecule has 33 heavy (non-hydrogen) atoms. The van der Waals surface area contributed by atoms with Crippen LogP contribution in [0, 0.1) is 12.8 Å². The van der Waals surface area contributed by atoms with Gasteiger partial charge in [-0.1, -0.05) is 45.2 Å². The molecule has 1 atom stereocenters. The molecule has 3 aromatic rings. The number of rotatable bonds is 8. The highest BCUT2D eigenvalue weighted by molar-refractivity contribution is 5.79. The first-order valence-corrected chi connectivity index (χ1v) is 12.4. The van der Waals surface area contributed by atoms with E-state index in [0.717, 1.165) is 41.6 Å². The molecule has 1 aromatic carbocycles. The van der Waals surface area contributed by atoms with Gasteiger partial charge in [0, 0.05) is 23.7 Å². The van der Waals surface area contributed by atoms with Gasteiger partial charge in [-0.25, -0.2) is 4.68 Å². The van der Waals surface area contributed by atoms with Crippen molar-refractivity contribution in [1.29, 1.82) is 0 Å². The number of benzene rings is 1. The smallest absolute Gasteiger partial charge is 0.252 e. The van der Waals surface area contributed by atoms with E-state index in [1.807, 2.05) is 16.8 Å². The number of hydrogen-bond acceptors (Lipinski definition) is 5. The highest BCUT2D eigenvalue weighted by Crippen LogP contribution is 2.37. The van der Waals surface area contributed by atoms with Crippen LogP contribution in [0.1, 0.15) is 89.7 Å². The van der Waals surface area contributed by atoms with Crippen molar-refractivity contribution in [2.75, 3.05) is 0 Å². The second-order valence-corrected chi connectivity index (χ2v) is 10.6. The minimum absolute atomic E-state index is 0.00895. The van der Waals surface area contributed by atoms with Gasteiger partial charge in [0.15, 0.2) is 5.82 Å². The lowest BCUT2D eigenvalue weighted by atomic mass is 9.95. The van der Waals surface area contributed by atoms with Crippen molar-refractivity contribution >= 4 is 10.9 Å². The summed E-state index contributed by atoms with van der Waals surface area (Å²) in [6, 6.07) is 8.68. The van der Waals surface area contributed by atoms with Gasteiger partial charge >= 0.3 is 0 Å². The van der Waals surface area contributed by atoms with E-state index in [0.29, 0.717) is 18.5 Å². The predicted molar refractivity (Wildman–Crippen MR) is 132 cm³/mol. The lowest BCUT2D eigenvalue weighted by Crippen LogP contribution is -2.42. The second kappa shape index (κ2) is 9.37. The van der Waals surface area contributed by atoms with Crippen molar-refractivity contribution in [2.24, 2.45) is 5.92 Å². The zero-order valence-corrected chi connectivity index (χ0v) is 20.9. The summed E-state index contributed by atoms with van der Waals surface area (Å²) in [5, 5.41) is 14.1. The van der Waals surface area contributed by atoms with E-state index < -0.39 is 0 Å². The number of fused-ring (bicyclic) bond motifs is 1. The zero-order chi connectivity index (χ0) is 23.8. The molecule has 1 saturated carbocycles. The molecule has 7 heteroatoms. The first-order valence-electron chi connectivity index (χ1n) is 12.4. The fourth-order valence-corrected chi connectivity index (χ4v) is 5.16. The van der Waals surface area contributed by atoms with Gasteiger partial charge in [0.2, 0.25) is 0 Å². The maximum Gasteiger partial charge on any atom is 0.252 e. The van der Waals surface area contributed by atoms with Crippen LogP contribution in [0.2, 0.25) is 0 Å². The van der Waals surface area contributed by atoms with Crippen LogP contribution in [0.25, 0.3) is 10.9 Å². The van der Waals surface area contributed by atoms with Gasteiger partial charge in [-0.3, -0.25) is 9.69 Å². The molecule has 1 unspecified atom stereocenters. The third-order valence-electron chi connectivity index (χ3n) is 7.41. The number of H-pyrrole nitrogens is 1. The standard InChI is InChI=1S/C26H38N6O/c1-7-26(5,6)32-24(28-29-30-32)23(17(2)3)31(21-10-8-9-11-21)16-20-15-19-14-18(4)12-13-22(19)27-25(20)33/h12-15,17,21,23H,7-11,16H2,1-6H3,(H,27,33). The van der Waals surface area contributed by atoms with Crippen molar-refractivity contribution < 1.29 is 0 Å². The second-order valence-electron chi connectivity index (χ2n) is 10.6. The molecule has 0 saturated heterocycles. The highest BCUT2D eigenvalue weighted by atomic mass is 16.1. The fourth-order valence-electron chi connectivity index (χ4n) is 5.16. The van der Waals surface area contributed by atoms with Gasteiger partial charge in [0.25, 0.3) is 5.56 Å². The van der Waals surface area contributed by atoms with Crippen molar-refractivity contribution in [3.8, 4) is 0 Å². The lowest BCUT2D eigenvalue weighted by molar-refractivity contribution is 0.0791. The molecule has 4 rings (SSSR count). The number of tetrazole rings is 1. The molecule has 178 valence electrons. The molecule has 1 aliphatic rings. The molecule has 0 amide bonds. The van der Waals surface area contributed by atoms with E-state index in [1.165, 1.54) is 18.4 Å². The Hall–Kier alpha value is -2.54. The van der Waals surface area contributed by atoms with Gasteiger partial charge < -0.3 is 4.98 Å². The summed E-state index contributed by atoms with van der Waals surface area (Å²) in [5.41, 5.74) is 2.69. The summed E-state index contributed by atoms with van der Waals surface area (Å²) >= 11 is 0. The molecule has 0 bridgehead atoms. The Balaban J connectivity index is 1.79. The maximum atomic E-state index is 13.1. The molecular weight excluding hydrogens is 412 g/mol. The molecule has 1 fully saturated rings. The topological polar surface area (TPSA) is 79.7 Å². The van der Waals surface area contributed by atoms with Crippen molar-refractivity contribution in [2.45, 2.75) is 97.8 Å². The summed E-state index contributed by atoms with van der Waals surface area (Å²) in [5.74, 6) is 1.20. The van der Waals surface area contributed by atoms with Crippen LogP contribution < -0.4 is 5.56 Å². The molecule has 0 spiro atoms. The molecule has 0 aliphatic heterocycles. The van der Waals surface area contributed by atoms with Crippen LogP contribution in [0.15, 0.2) is 29.1 Å². The molecule has 0 radical (unpaired) electrons. The van der Waals surface area contributed by atoms with E-state index >= 15 is 0 Å². The van der Waals surface area contributed by atoms with E-state index in [-0.39, 0.29) is 17.1 Å². The Bertz CT molecular complexity index is 1160. The summed E-state index contributed by atoms with van der Waals surface area (Å²) in [4.78, 5) is 18.7. The maximum absolute atomic E-state index is 13.1. The minimum atomic E-state index is -0.175. The van der Waals surface area contributed by atoms with Crippen LogP contribution in [-0.2, 0) is 12.1 Å². The number of pyridine rings is 1. The van der Waals surface area contributed by atoms with Gasteiger partial charge in [0.05, 0.1) is 11.6 Å². The first-order chi connectivity index (χ1) is 15.7. The van der Waals surface area contributed by atoms with E-state index in [1.54, 1.807) is 0 Å². The normalized spacial score (nSPS) is 16.4. The lowest BCUT2D eigenvalue weighted by Gasteiger charge is -2.39. The largest absolute Gasteiger partial charge is 0.322 e. The number of nitrogens with zero attached hydrogens (tertiary/aromatic N) is 5. The van der Waals surface area contributed by atoms with Crippen LogP contribution in [0.5, 0.6) is 0 Å². The average molecular weight is 451 g/mol. The van der Waals surface area contributed by atoms with Crippen molar-refractivity contribution in [3.05, 3.63) is 51.6 Å². The number of aryl methyl sites for hydroxylation is 1. The summed E-state index contributed by atoms with van der Waals surface area (Å²) in [6.45, 7) is 13.7. The van der Waals surface area contributed by atoms with Crippen LogP contribution in [0.4, 0.5) is 0 Å². The van der Waals surface area contributed by atoms with Crippen LogP contribution in [-0.4, -0.2) is 36.1 Å². The quantitative estimate of drug-likeness (QED) is 0.516. The molecule has 1 aliphatic carbocycles. The van der Waals surface area contributed by atoms with Gasteiger partial charge in [-0.15, -0.1) is 5.10 Å². The Morgan fingerprint density at radius 3 is 2.61 bits per heavy atom. The average Bonchev–Trinajstić information content (AvgIpc) is 3.46. The van der Waals surface area contributed by atoms with Gasteiger partial charge in [-0.05, 0) is 80.0 Å². The molecule has 1 N–H and O–H groups in total. The van der Waals surface area contributed by atoms with Crippen LogP contribution in [0.3, 0.4) is 0 Å². The molecule has 2 heterocycles. The van der Waals surface area contributed by atoms with E-state index in [2.05, 4.69) is 79.1 Å². The van der Waals surface area contributed by atoms with Gasteiger partial charge in [0.1, 0.15) is 0 Å². The van der Waals surface area contributed by atoms with Gasteiger partial charge in [-0.2, -0.15) is 0 Å². The summed E-state index contributed by atoms with van der Waals surface area (Å²) < 4.78 is 2.01. The van der Waals surface area contributed by atoms with Crippen molar-refractivity contribution in [3.63, 3.8) is 0 Å². The first kappa shape index (κ1) is 23.6. The number of aromatic nitrogens is 5. The highest BCUT2D eigenvalue weighted by Gasteiger charge is 2.37. The fraction of sp³-hybridized carbons (Fsp3) is 0.615. The van der Waals surface area contributed by atoms with Crippen LogP contribution >= 0.6 is 0 Å². The third-order valence-corrected chi connectivity index (χ3v) is 7.41. The molecular formula is C26H38N6O.